The first kappa shape index (κ1) is 38.8. The summed E-state index contributed by atoms with van der Waals surface area (Å²) in [6, 6.07) is 28.7. The largest absolute Gasteiger partial charge is 2.00 e. The first-order chi connectivity index (χ1) is 24.8. The zero-order valence-electron chi connectivity index (χ0n) is 33.1. The van der Waals surface area contributed by atoms with Gasteiger partial charge in [-0.3, -0.25) is 4.68 Å². The summed E-state index contributed by atoms with van der Waals surface area (Å²) in [5, 5.41) is 7.55. The molecule has 0 aliphatic heterocycles. The Morgan fingerprint density at radius 1 is 0.943 bits per heavy atom. The van der Waals surface area contributed by atoms with E-state index < -0.39 is 0 Å². The van der Waals surface area contributed by atoms with Crippen molar-refractivity contribution in [1.29, 1.82) is 0 Å². The van der Waals surface area contributed by atoms with Crippen LogP contribution in [0.25, 0.3) is 33.3 Å². The molecule has 3 aromatic heterocycles. The molecule has 278 valence electrons. The van der Waals surface area contributed by atoms with Crippen molar-refractivity contribution in [2.24, 2.45) is 11.8 Å². The number of pyridine rings is 1. The van der Waals surface area contributed by atoms with Crippen LogP contribution in [0.4, 0.5) is 0 Å². The van der Waals surface area contributed by atoms with Gasteiger partial charge < -0.3 is 9.30 Å². The second-order valence-corrected chi connectivity index (χ2v) is 16.6. The van der Waals surface area contributed by atoms with Gasteiger partial charge >= 0.3 is 21.1 Å². The van der Waals surface area contributed by atoms with Gasteiger partial charge in [0.25, 0.3) is 0 Å². The Morgan fingerprint density at radius 3 is 2.43 bits per heavy atom. The summed E-state index contributed by atoms with van der Waals surface area (Å²) >= 11 is 0. The quantitative estimate of drug-likeness (QED) is 0.107. The van der Waals surface area contributed by atoms with Crippen LogP contribution in [0.2, 0.25) is 0 Å². The van der Waals surface area contributed by atoms with Crippen LogP contribution < -0.4 is 4.74 Å². The first-order valence-corrected chi connectivity index (χ1v) is 19.3. The molecule has 1 aliphatic rings. The number of hydrogen-bond donors (Lipinski definition) is 0. The summed E-state index contributed by atoms with van der Waals surface area (Å²) in [7, 11) is 0. The van der Waals surface area contributed by atoms with Crippen LogP contribution in [0.5, 0.6) is 11.5 Å². The number of aromatic nitrogens is 4. The van der Waals surface area contributed by atoms with Crippen LogP contribution in [0, 0.1) is 30.9 Å². The van der Waals surface area contributed by atoms with Crippen LogP contribution in [-0.4, -0.2) is 19.3 Å². The van der Waals surface area contributed by atoms with E-state index in [1.54, 1.807) is 0 Å². The van der Waals surface area contributed by atoms with E-state index in [1.165, 1.54) is 39.8 Å². The molecule has 3 heterocycles. The zero-order chi connectivity index (χ0) is 36.9. The maximum atomic E-state index is 6.75. The molecule has 1 unspecified atom stereocenters. The molecule has 5 nitrogen and oxygen atoms in total. The zero-order valence-corrected chi connectivity index (χ0v) is 35.4. The van der Waals surface area contributed by atoms with Gasteiger partial charge in [0.1, 0.15) is 5.82 Å². The van der Waals surface area contributed by atoms with E-state index in [0.29, 0.717) is 29.3 Å². The van der Waals surface area contributed by atoms with Crippen LogP contribution in [0.3, 0.4) is 0 Å². The molecule has 0 amide bonds. The van der Waals surface area contributed by atoms with Crippen LogP contribution in [0.15, 0.2) is 78.5 Å². The number of para-hydroxylation sites is 1. The van der Waals surface area contributed by atoms with E-state index in [1.807, 2.05) is 12.3 Å². The predicted octanol–water partition coefficient (Wildman–Crippen LogP) is 12.5. The topological polar surface area (TPSA) is 44.9 Å². The van der Waals surface area contributed by atoms with Gasteiger partial charge in [-0.2, -0.15) is 11.2 Å². The van der Waals surface area contributed by atoms with Gasteiger partial charge in [0.05, 0.1) is 5.69 Å². The molecule has 0 bridgehead atoms. The third kappa shape index (κ3) is 7.57. The fourth-order valence-corrected chi connectivity index (χ4v) is 8.52. The number of benzene rings is 3. The molecule has 6 heteroatoms. The minimum absolute atomic E-state index is 0. The van der Waals surface area contributed by atoms with Crippen LogP contribution in [0.1, 0.15) is 121 Å². The number of rotatable bonds is 9. The predicted molar refractivity (Wildman–Crippen MR) is 215 cm³/mol. The van der Waals surface area contributed by atoms with E-state index in [2.05, 4.69) is 151 Å². The number of ether oxygens (including phenoxy) is 1. The number of fused-ring (bicyclic) bond motifs is 3. The molecule has 6 aromatic rings. The van der Waals surface area contributed by atoms with Crippen molar-refractivity contribution in [3.8, 4) is 23.0 Å². The van der Waals surface area contributed by atoms with Gasteiger partial charge in [0.2, 0.25) is 0 Å². The summed E-state index contributed by atoms with van der Waals surface area (Å²) in [5.41, 5.74) is 10.5. The van der Waals surface area contributed by atoms with E-state index in [0.717, 1.165) is 52.9 Å². The SMILES string of the molecule is CCCCc1ccnc(-n2c3[c-]c(Oc4[c-]c(-n5nc(C)c(C6C(C)=C[C@H](C)C[C@@H]6C)c5C(C)C)cc(C(C)(C)C)c4)ccc3c3ccccc32)c1.[Pt+2]. The molecule has 53 heavy (non-hydrogen) atoms. The first-order valence-electron chi connectivity index (χ1n) is 19.3. The third-order valence-corrected chi connectivity index (χ3v) is 10.9. The van der Waals surface area contributed by atoms with Crippen molar-refractivity contribution in [2.45, 2.75) is 112 Å². The molecule has 3 aromatic carbocycles. The maximum Gasteiger partial charge on any atom is 2.00 e. The monoisotopic (exact) mass is 885 g/mol. The van der Waals surface area contributed by atoms with Crippen molar-refractivity contribution in [3.05, 3.63) is 119 Å². The number of aryl methyl sites for hydroxylation is 2. The summed E-state index contributed by atoms with van der Waals surface area (Å²) in [4.78, 5) is 4.85. The Labute approximate surface area is 331 Å². The van der Waals surface area contributed by atoms with Gasteiger partial charge in [0, 0.05) is 40.4 Å². The normalized spacial score (nSPS) is 17.7. The molecule has 0 fully saturated rings. The second-order valence-electron chi connectivity index (χ2n) is 16.6. The Bertz CT molecular complexity index is 2280. The molecule has 0 spiro atoms. The molecule has 0 saturated carbocycles. The van der Waals surface area contributed by atoms with Crippen molar-refractivity contribution in [3.63, 3.8) is 0 Å². The van der Waals surface area contributed by atoms with Gasteiger partial charge in [0.15, 0.2) is 0 Å². The summed E-state index contributed by atoms with van der Waals surface area (Å²) in [6.45, 7) is 22.8. The van der Waals surface area contributed by atoms with Crippen molar-refractivity contribution in [2.75, 3.05) is 0 Å². The summed E-state index contributed by atoms with van der Waals surface area (Å²) in [6.07, 6.45) is 8.93. The van der Waals surface area contributed by atoms with Crippen LogP contribution >= 0.6 is 0 Å². The van der Waals surface area contributed by atoms with Gasteiger partial charge in [-0.1, -0.05) is 97.2 Å². The smallest absolute Gasteiger partial charge is 0.509 e. The minimum atomic E-state index is -0.118. The summed E-state index contributed by atoms with van der Waals surface area (Å²) in [5.74, 6) is 3.98. The Balaban J connectivity index is 0.00000481. The molecule has 7 rings (SSSR count). The summed E-state index contributed by atoms with van der Waals surface area (Å²) < 4.78 is 11.1. The van der Waals surface area contributed by atoms with Crippen molar-refractivity contribution >= 4 is 21.8 Å². The Morgan fingerprint density at radius 2 is 1.72 bits per heavy atom. The molecule has 0 N–H and O–H groups in total. The Kier molecular flexibility index (Phi) is 11.3. The molecular weight excluding hydrogens is 832 g/mol. The molecular formula is C47H54N4OPt. The number of allylic oxidation sites excluding steroid dienone is 2. The van der Waals surface area contributed by atoms with Gasteiger partial charge in [-0.05, 0) is 91.1 Å². The van der Waals surface area contributed by atoms with Gasteiger partial charge in [-0.25, -0.2) is 4.98 Å². The standard InChI is InChI=1S/C47H54N4O.Pt/c1-11-12-15-34-20-21-48-43(24-34)50-41-17-14-13-16-39(41)40-19-18-37(28-42(40)50)52-38-26-35(47(8,9)10)25-36(27-38)51-46(29(2)3)45(33(7)49-51)44-31(5)22-30(4)23-32(44)6;/h13-14,16-22,24-26,29-30,32,44H,11-12,15,23H2,1-10H3;/q-2;+2/t30-,32-,44?;/m0./s1. The minimum Gasteiger partial charge on any atom is -0.509 e. The van der Waals surface area contributed by atoms with E-state index in [4.69, 9.17) is 14.8 Å². The van der Waals surface area contributed by atoms with Gasteiger partial charge in [-0.15, -0.1) is 41.3 Å². The fraction of sp³-hybridized carbons (Fsp3) is 0.404. The van der Waals surface area contributed by atoms with E-state index >= 15 is 0 Å². The molecule has 0 radical (unpaired) electrons. The fourth-order valence-electron chi connectivity index (χ4n) is 8.52. The second kappa shape index (κ2) is 15.4. The number of nitrogens with zero attached hydrogens (tertiary/aromatic N) is 4. The molecule has 3 atom stereocenters. The van der Waals surface area contributed by atoms with Crippen molar-refractivity contribution in [1.82, 2.24) is 19.3 Å². The molecule has 1 aliphatic carbocycles. The van der Waals surface area contributed by atoms with Crippen LogP contribution in [-0.2, 0) is 32.9 Å². The number of unbranched alkanes of at least 4 members (excludes halogenated alkanes) is 1. The molecule has 0 saturated heterocycles. The third-order valence-electron chi connectivity index (χ3n) is 10.9. The maximum absolute atomic E-state index is 6.75. The average molecular weight is 886 g/mol. The average Bonchev–Trinajstić information content (AvgIpc) is 3.61. The number of hydrogen-bond acceptors (Lipinski definition) is 3. The van der Waals surface area contributed by atoms with Crippen molar-refractivity contribution < 1.29 is 25.8 Å². The Hall–Kier alpha value is -3.95. The van der Waals surface area contributed by atoms with E-state index in [-0.39, 0.29) is 32.4 Å². The van der Waals surface area contributed by atoms with E-state index in [9.17, 15) is 0 Å².